The van der Waals surface area contributed by atoms with Crippen LogP contribution in [0.3, 0.4) is 0 Å². The van der Waals surface area contributed by atoms with Crippen LogP contribution in [0.2, 0.25) is 15.3 Å². The lowest BCUT2D eigenvalue weighted by Crippen LogP contribution is -2.15. The van der Waals surface area contributed by atoms with Gasteiger partial charge in [0.15, 0.2) is 16.1 Å². The second-order valence-corrected chi connectivity index (χ2v) is 9.22. The van der Waals surface area contributed by atoms with Crippen LogP contribution in [0.5, 0.6) is 0 Å². The SMILES string of the molecule is COCCC(c1ccc(-c2c(-n3cc(Cl)nn3)ccc(Cl)c2F)cn1)n1cc(-c2c(Cl)nnn2C)cn1. The number of benzene rings is 1. The lowest BCUT2D eigenvalue weighted by atomic mass is 10.0. The van der Waals surface area contributed by atoms with Gasteiger partial charge in [-0.05, 0) is 24.6 Å². The molecular weight excluding hydrogens is 544 g/mol. The van der Waals surface area contributed by atoms with E-state index in [1.165, 1.54) is 16.9 Å². The quantitative estimate of drug-likeness (QED) is 0.261. The van der Waals surface area contributed by atoms with E-state index in [0.717, 1.165) is 5.56 Å². The molecular formula is C23H19Cl3FN9O. The summed E-state index contributed by atoms with van der Waals surface area (Å²) in [5.41, 5.74) is 3.27. The largest absolute Gasteiger partial charge is 0.385 e. The normalized spacial score (nSPS) is 12.3. The van der Waals surface area contributed by atoms with E-state index < -0.39 is 5.82 Å². The first kappa shape index (κ1) is 25.3. The van der Waals surface area contributed by atoms with Gasteiger partial charge in [-0.1, -0.05) is 51.3 Å². The Bertz CT molecular complexity index is 1530. The topological polar surface area (TPSA) is 101 Å². The zero-order valence-electron chi connectivity index (χ0n) is 19.6. The number of aromatic nitrogens is 9. The van der Waals surface area contributed by atoms with Gasteiger partial charge in [0, 0.05) is 49.8 Å². The van der Waals surface area contributed by atoms with Crippen LogP contribution < -0.4 is 0 Å². The van der Waals surface area contributed by atoms with Crippen molar-refractivity contribution in [2.45, 2.75) is 12.5 Å². The molecule has 5 rings (SSSR count). The van der Waals surface area contributed by atoms with Crippen LogP contribution in [0.1, 0.15) is 18.2 Å². The number of ether oxygens (including phenoxy) is 1. The monoisotopic (exact) mass is 561 g/mol. The summed E-state index contributed by atoms with van der Waals surface area (Å²) < 4.78 is 25.3. The van der Waals surface area contributed by atoms with Crippen molar-refractivity contribution in [1.29, 1.82) is 0 Å². The maximum atomic E-state index is 15.2. The third kappa shape index (κ3) is 4.95. The minimum absolute atomic E-state index is 0.0283. The summed E-state index contributed by atoms with van der Waals surface area (Å²) in [5.74, 6) is -0.602. The summed E-state index contributed by atoms with van der Waals surface area (Å²) in [5, 5.41) is 20.5. The maximum absolute atomic E-state index is 15.2. The van der Waals surface area contributed by atoms with Gasteiger partial charge in [0.2, 0.25) is 0 Å². The minimum Gasteiger partial charge on any atom is -0.385 e. The molecule has 5 aromatic rings. The fourth-order valence-corrected chi connectivity index (χ4v) is 4.58. The number of rotatable bonds is 8. The fraction of sp³-hybridized carbons (Fsp3) is 0.217. The lowest BCUT2D eigenvalue weighted by Gasteiger charge is -2.18. The van der Waals surface area contributed by atoms with Crippen LogP contribution in [0, 0.1) is 5.82 Å². The van der Waals surface area contributed by atoms with Crippen LogP contribution in [-0.2, 0) is 11.8 Å². The molecule has 37 heavy (non-hydrogen) atoms. The standard InChI is InChI=1S/C23H19Cl3FN9O/c1-34-22(23(26)31-32-34)14-10-29-35(11-14)17(7-8-37-2)16-5-3-13(9-28-16)20-18(6-4-15(24)21(20)27)36-12-19(25)30-33-36/h3-6,9-12,17H,7-8H2,1-2H3. The Morgan fingerprint density at radius 3 is 2.49 bits per heavy atom. The highest BCUT2D eigenvalue weighted by atomic mass is 35.5. The molecule has 0 bridgehead atoms. The Hall–Kier alpha value is -3.38. The maximum Gasteiger partial charge on any atom is 0.179 e. The highest BCUT2D eigenvalue weighted by Gasteiger charge is 2.22. The summed E-state index contributed by atoms with van der Waals surface area (Å²) in [6.07, 6.45) is 7.20. The molecule has 0 spiro atoms. The van der Waals surface area contributed by atoms with Gasteiger partial charge in [-0.25, -0.2) is 13.8 Å². The van der Waals surface area contributed by atoms with Gasteiger partial charge in [0.25, 0.3) is 0 Å². The fourth-order valence-electron chi connectivity index (χ4n) is 4.03. The van der Waals surface area contributed by atoms with Crippen molar-refractivity contribution in [2.24, 2.45) is 7.05 Å². The Kier molecular flexibility index (Phi) is 7.20. The molecule has 1 aromatic carbocycles. The first-order valence-electron chi connectivity index (χ1n) is 11.0. The van der Waals surface area contributed by atoms with E-state index in [1.54, 1.807) is 48.0 Å². The molecule has 4 heterocycles. The molecule has 0 N–H and O–H groups in total. The number of hydrogen-bond acceptors (Lipinski definition) is 7. The predicted octanol–water partition coefficient (Wildman–Crippen LogP) is 5.05. The Balaban J connectivity index is 1.52. The van der Waals surface area contributed by atoms with Crippen molar-refractivity contribution in [3.05, 3.63) is 75.9 Å². The summed E-state index contributed by atoms with van der Waals surface area (Å²) >= 11 is 18.2. The number of aryl methyl sites for hydroxylation is 1. The molecule has 4 aromatic heterocycles. The van der Waals surface area contributed by atoms with E-state index >= 15 is 4.39 Å². The molecule has 14 heteroatoms. The molecule has 1 atom stereocenters. The zero-order valence-corrected chi connectivity index (χ0v) is 21.8. The first-order chi connectivity index (χ1) is 17.9. The molecule has 0 aliphatic carbocycles. The highest BCUT2D eigenvalue weighted by molar-refractivity contribution is 6.32. The van der Waals surface area contributed by atoms with E-state index in [1.807, 2.05) is 12.3 Å². The average molecular weight is 563 g/mol. The number of nitrogens with zero attached hydrogens (tertiary/aromatic N) is 9. The van der Waals surface area contributed by atoms with Gasteiger partial charge in [0.1, 0.15) is 5.69 Å². The van der Waals surface area contributed by atoms with Crippen LogP contribution in [0.4, 0.5) is 4.39 Å². The minimum atomic E-state index is -0.602. The summed E-state index contributed by atoms with van der Waals surface area (Å²) in [6, 6.07) is 6.41. The van der Waals surface area contributed by atoms with E-state index in [4.69, 9.17) is 39.5 Å². The Labute approximate surface area is 225 Å². The average Bonchev–Trinajstić information content (AvgIpc) is 3.62. The molecule has 0 saturated heterocycles. The first-order valence-corrected chi connectivity index (χ1v) is 12.1. The molecule has 0 fully saturated rings. The van der Waals surface area contributed by atoms with Gasteiger partial charge >= 0.3 is 0 Å². The predicted molar refractivity (Wildman–Crippen MR) is 136 cm³/mol. The lowest BCUT2D eigenvalue weighted by molar-refractivity contribution is 0.181. The second-order valence-electron chi connectivity index (χ2n) is 8.07. The number of pyridine rings is 1. The zero-order chi connectivity index (χ0) is 26.1. The van der Waals surface area contributed by atoms with E-state index in [0.29, 0.717) is 35.7 Å². The Morgan fingerprint density at radius 2 is 1.84 bits per heavy atom. The number of hydrogen-bond donors (Lipinski definition) is 0. The van der Waals surface area contributed by atoms with Gasteiger partial charge < -0.3 is 4.74 Å². The van der Waals surface area contributed by atoms with Gasteiger partial charge in [-0.2, -0.15) is 5.10 Å². The van der Waals surface area contributed by atoms with E-state index in [2.05, 4.69) is 30.7 Å². The van der Waals surface area contributed by atoms with E-state index in [9.17, 15) is 0 Å². The second kappa shape index (κ2) is 10.5. The number of halogens is 4. The van der Waals surface area contributed by atoms with Crippen LogP contribution in [0.15, 0.2) is 49.1 Å². The highest BCUT2D eigenvalue weighted by Crippen LogP contribution is 2.34. The van der Waals surface area contributed by atoms with E-state index in [-0.39, 0.29) is 26.9 Å². The third-order valence-corrected chi connectivity index (χ3v) is 6.50. The summed E-state index contributed by atoms with van der Waals surface area (Å²) in [4.78, 5) is 4.65. The molecule has 0 amide bonds. The number of methoxy groups -OCH3 is 1. The summed E-state index contributed by atoms with van der Waals surface area (Å²) in [6.45, 7) is 0.470. The van der Waals surface area contributed by atoms with Crippen molar-refractivity contribution in [3.8, 4) is 28.1 Å². The molecule has 0 aliphatic rings. The smallest absolute Gasteiger partial charge is 0.179 e. The van der Waals surface area contributed by atoms with Crippen LogP contribution in [0.25, 0.3) is 28.1 Å². The van der Waals surface area contributed by atoms with Gasteiger partial charge in [-0.15, -0.1) is 10.2 Å². The molecule has 0 saturated carbocycles. The van der Waals surface area contributed by atoms with Gasteiger partial charge in [-0.3, -0.25) is 9.67 Å². The van der Waals surface area contributed by atoms with Crippen LogP contribution >= 0.6 is 34.8 Å². The molecule has 1 unspecified atom stereocenters. The van der Waals surface area contributed by atoms with Crippen molar-refractivity contribution in [1.82, 2.24) is 44.8 Å². The van der Waals surface area contributed by atoms with Crippen molar-refractivity contribution >= 4 is 34.8 Å². The Morgan fingerprint density at radius 1 is 1.00 bits per heavy atom. The molecule has 190 valence electrons. The van der Waals surface area contributed by atoms with Crippen LogP contribution in [-0.4, -0.2) is 58.5 Å². The third-order valence-electron chi connectivity index (χ3n) is 5.78. The van der Waals surface area contributed by atoms with Crippen molar-refractivity contribution < 1.29 is 9.13 Å². The molecule has 0 aliphatic heterocycles. The van der Waals surface area contributed by atoms with Crippen molar-refractivity contribution in [2.75, 3.05) is 13.7 Å². The van der Waals surface area contributed by atoms with Gasteiger partial charge in [0.05, 0.1) is 34.8 Å². The molecule has 10 nitrogen and oxygen atoms in total. The molecule has 0 radical (unpaired) electrons. The summed E-state index contributed by atoms with van der Waals surface area (Å²) in [7, 11) is 3.38. The van der Waals surface area contributed by atoms with Crippen molar-refractivity contribution in [3.63, 3.8) is 0 Å².